The number of rotatable bonds is 7. The molecule has 0 aromatic heterocycles. The number of fused-ring (bicyclic) bond motifs is 1. The average Bonchev–Trinajstić information content (AvgIpc) is 3.13. The number of imide groups is 1. The van der Waals surface area contributed by atoms with Gasteiger partial charge in [-0.3, -0.25) is 14.4 Å². The molecule has 3 aromatic carbocycles. The van der Waals surface area contributed by atoms with E-state index in [1.54, 1.807) is 37.3 Å². The highest BCUT2D eigenvalue weighted by Crippen LogP contribution is 2.29. The second-order valence-corrected chi connectivity index (χ2v) is 10.6. The van der Waals surface area contributed by atoms with Crippen LogP contribution in [0.2, 0.25) is 0 Å². The molecule has 10 nitrogen and oxygen atoms in total. The molecule has 1 N–H and O–H groups in total. The molecule has 11 heteroatoms. The summed E-state index contributed by atoms with van der Waals surface area (Å²) in [6.07, 6.45) is 0. The predicted molar refractivity (Wildman–Crippen MR) is 135 cm³/mol. The standard InChI is InChI=1S/C26H23N3O7S/c1-16-11-12-18(14-22(16)37(34,35)28(2)3)27-23(30)15-36-26(33)17-7-6-8-19(13-17)29-24(31)20-9-4-5-10-21(20)25(29)32/h4-14H,15H2,1-3H3,(H,27,30). The maximum absolute atomic E-state index is 12.7. The molecule has 0 atom stereocenters. The van der Waals surface area contributed by atoms with Crippen LogP contribution in [0.1, 0.15) is 36.6 Å². The molecule has 1 aliphatic rings. The molecular weight excluding hydrogens is 498 g/mol. The zero-order valence-corrected chi connectivity index (χ0v) is 21.0. The minimum atomic E-state index is -3.72. The van der Waals surface area contributed by atoms with E-state index in [1.165, 1.54) is 50.5 Å². The van der Waals surface area contributed by atoms with Gasteiger partial charge < -0.3 is 10.1 Å². The van der Waals surface area contributed by atoms with Crippen LogP contribution in [0.5, 0.6) is 0 Å². The van der Waals surface area contributed by atoms with E-state index in [1.807, 2.05) is 0 Å². The Balaban J connectivity index is 1.43. The molecule has 0 unspecified atom stereocenters. The van der Waals surface area contributed by atoms with Crippen LogP contribution >= 0.6 is 0 Å². The van der Waals surface area contributed by atoms with Gasteiger partial charge in [0.2, 0.25) is 10.0 Å². The normalized spacial score (nSPS) is 13.0. The number of nitrogens with zero attached hydrogens (tertiary/aromatic N) is 2. The molecule has 0 saturated heterocycles. The van der Waals surface area contributed by atoms with Crippen molar-refractivity contribution < 1.29 is 32.3 Å². The van der Waals surface area contributed by atoms with Crippen LogP contribution in [-0.4, -0.2) is 57.1 Å². The highest BCUT2D eigenvalue weighted by atomic mass is 32.2. The van der Waals surface area contributed by atoms with Crippen molar-refractivity contribution in [3.8, 4) is 0 Å². The van der Waals surface area contributed by atoms with Gasteiger partial charge in [-0.25, -0.2) is 22.4 Å². The Morgan fingerprint density at radius 2 is 1.57 bits per heavy atom. The minimum Gasteiger partial charge on any atom is -0.452 e. The third-order valence-electron chi connectivity index (χ3n) is 5.70. The Morgan fingerprint density at radius 1 is 0.919 bits per heavy atom. The fourth-order valence-corrected chi connectivity index (χ4v) is 4.90. The summed E-state index contributed by atoms with van der Waals surface area (Å²) < 4.78 is 31.1. The lowest BCUT2D eigenvalue weighted by atomic mass is 10.1. The molecule has 3 amide bonds. The van der Waals surface area contributed by atoms with Gasteiger partial charge in [-0.15, -0.1) is 0 Å². The van der Waals surface area contributed by atoms with Crippen LogP contribution in [0.25, 0.3) is 0 Å². The minimum absolute atomic E-state index is 0.0385. The Bertz CT molecular complexity index is 1510. The molecule has 190 valence electrons. The number of hydrogen-bond donors (Lipinski definition) is 1. The quantitative estimate of drug-likeness (QED) is 0.374. The molecule has 3 aromatic rings. The molecule has 0 aliphatic carbocycles. The predicted octanol–water partition coefficient (Wildman–Crippen LogP) is 2.84. The molecule has 0 spiro atoms. The van der Waals surface area contributed by atoms with Crippen LogP contribution in [-0.2, 0) is 19.6 Å². The van der Waals surface area contributed by atoms with Crippen molar-refractivity contribution in [1.29, 1.82) is 0 Å². The lowest BCUT2D eigenvalue weighted by Gasteiger charge is -2.15. The summed E-state index contributed by atoms with van der Waals surface area (Å²) >= 11 is 0. The Labute approximate surface area is 213 Å². The molecule has 1 aliphatic heterocycles. The first-order chi connectivity index (χ1) is 17.5. The van der Waals surface area contributed by atoms with E-state index in [2.05, 4.69) is 5.32 Å². The SMILES string of the molecule is Cc1ccc(NC(=O)COC(=O)c2cccc(N3C(=O)c4ccccc4C3=O)c2)cc1S(=O)(=O)N(C)C. The number of sulfonamides is 1. The van der Waals surface area contributed by atoms with Crippen molar-refractivity contribution in [1.82, 2.24) is 4.31 Å². The Kier molecular flexibility index (Phi) is 6.92. The van der Waals surface area contributed by atoms with Crippen LogP contribution in [0, 0.1) is 6.92 Å². The molecule has 0 bridgehead atoms. The first-order valence-corrected chi connectivity index (χ1v) is 12.5. The third kappa shape index (κ3) is 4.99. The van der Waals surface area contributed by atoms with Gasteiger partial charge >= 0.3 is 5.97 Å². The molecule has 1 heterocycles. The summed E-state index contributed by atoms with van der Waals surface area (Å²) in [6.45, 7) is 1.000. The van der Waals surface area contributed by atoms with E-state index in [9.17, 15) is 27.6 Å². The van der Waals surface area contributed by atoms with Gasteiger partial charge in [-0.2, -0.15) is 0 Å². The zero-order chi connectivity index (χ0) is 26.9. The van der Waals surface area contributed by atoms with E-state index in [0.29, 0.717) is 5.56 Å². The Morgan fingerprint density at radius 3 is 2.19 bits per heavy atom. The summed E-state index contributed by atoms with van der Waals surface area (Å²) in [5.74, 6) is -2.52. The topological polar surface area (TPSA) is 130 Å². The number of carbonyl (C=O) groups excluding carboxylic acids is 4. The monoisotopic (exact) mass is 521 g/mol. The van der Waals surface area contributed by atoms with Gasteiger partial charge in [-0.1, -0.05) is 24.3 Å². The van der Waals surface area contributed by atoms with Crippen molar-refractivity contribution in [3.05, 3.63) is 89.0 Å². The van der Waals surface area contributed by atoms with Crippen molar-refractivity contribution >= 4 is 45.1 Å². The van der Waals surface area contributed by atoms with Gasteiger partial charge in [0, 0.05) is 19.8 Å². The second-order valence-electron chi connectivity index (χ2n) is 8.43. The lowest BCUT2D eigenvalue weighted by Crippen LogP contribution is -2.29. The number of nitrogens with one attached hydrogen (secondary N) is 1. The molecule has 4 rings (SSSR count). The molecule has 0 fully saturated rings. The van der Waals surface area contributed by atoms with Crippen LogP contribution in [0.4, 0.5) is 11.4 Å². The second kappa shape index (κ2) is 9.96. The average molecular weight is 522 g/mol. The maximum Gasteiger partial charge on any atom is 0.338 e. The van der Waals surface area contributed by atoms with Gasteiger partial charge in [0.1, 0.15) is 0 Å². The number of carbonyl (C=O) groups is 4. The number of esters is 1. The first kappa shape index (κ1) is 25.7. The maximum atomic E-state index is 12.7. The van der Waals surface area contributed by atoms with Crippen LogP contribution in [0.3, 0.4) is 0 Å². The van der Waals surface area contributed by atoms with Crippen molar-refractivity contribution in [3.63, 3.8) is 0 Å². The van der Waals surface area contributed by atoms with E-state index < -0.39 is 40.3 Å². The number of ether oxygens (including phenoxy) is 1. The zero-order valence-electron chi connectivity index (χ0n) is 20.2. The van der Waals surface area contributed by atoms with E-state index in [-0.39, 0.29) is 33.0 Å². The fourth-order valence-electron chi connectivity index (χ4n) is 3.76. The summed E-state index contributed by atoms with van der Waals surface area (Å²) in [5.41, 5.74) is 1.51. The number of aryl methyl sites for hydroxylation is 1. The van der Waals surface area contributed by atoms with Crippen LogP contribution < -0.4 is 10.2 Å². The van der Waals surface area contributed by atoms with E-state index >= 15 is 0 Å². The van der Waals surface area contributed by atoms with Crippen molar-refractivity contribution in [2.45, 2.75) is 11.8 Å². The molecule has 0 radical (unpaired) electrons. The van der Waals surface area contributed by atoms with Gasteiger partial charge in [0.05, 0.1) is 27.3 Å². The molecule has 0 saturated carbocycles. The summed E-state index contributed by atoms with van der Waals surface area (Å²) in [5, 5.41) is 2.51. The van der Waals surface area contributed by atoms with Gasteiger partial charge in [0.15, 0.2) is 6.61 Å². The van der Waals surface area contributed by atoms with E-state index in [4.69, 9.17) is 4.74 Å². The molecular formula is C26H23N3O7S. The molecule has 37 heavy (non-hydrogen) atoms. The highest BCUT2D eigenvalue weighted by molar-refractivity contribution is 7.89. The summed E-state index contributed by atoms with van der Waals surface area (Å²) in [7, 11) is -0.908. The van der Waals surface area contributed by atoms with E-state index in [0.717, 1.165) is 9.21 Å². The van der Waals surface area contributed by atoms with Gasteiger partial charge in [-0.05, 0) is 55.0 Å². The number of hydrogen-bond acceptors (Lipinski definition) is 7. The van der Waals surface area contributed by atoms with Crippen molar-refractivity contribution in [2.75, 3.05) is 30.9 Å². The Hall–Kier alpha value is -4.35. The smallest absolute Gasteiger partial charge is 0.338 e. The summed E-state index contributed by atoms with van der Waals surface area (Å²) in [4.78, 5) is 51.4. The van der Waals surface area contributed by atoms with Crippen molar-refractivity contribution in [2.24, 2.45) is 0 Å². The number of anilines is 2. The largest absolute Gasteiger partial charge is 0.452 e. The number of amides is 3. The fraction of sp³-hybridized carbons (Fsp3) is 0.154. The lowest BCUT2D eigenvalue weighted by molar-refractivity contribution is -0.119. The van der Waals surface area contributed by atoms with Crippen LogP contribution in [0.15, 0.2) is 71.6 Å². The summed E-state index contributed by atoms with van der Waals surface area (Å²) in [6, 6.07) is 16.6. The van der Waals surface area contributed by atoms with Gasteiger partial charge in [0.25, 0.3) is 17.7 Å². The first-order valence-electron chi connectivity index (χ1n) is 11.1. The highest BCUT2D eigenvalue weighted by Gasteiger charge is 2.36. The third-order valence-corrected chi connectivity index (χ3v) is 7.66. The number of benzene rings is 3.